The van der Waals surface area contributed by atoms with Gasteiger partial charge in [-0.3, -0.25) is 0 Å². The Hall–Kier alpha value is -1.47. The summed E-state index contributed by atoms with van der Waals surface area (Å²) in [6.07, 6.45) is 5.50. The van der Waals surface area contributed by atoms with E-state index in [-0.39, 0.29) is 10.1 Å². The van der Waals surface area contributed by atoms with E-state index in [1.165, 1.54) is 10.4 Å². The summed E-state index contributed by atoms with van der Waals surface area (Å²) in [6, 6.07) is 21.7. The van der Waals surface area contributed by atoms with Gasteiger partial charge in [-0.05, 0) is 45.9 Å². The van der Waals surface area contributed by atoms with E-state index in [4.69, 9.17) is 8.85 Å². The number of allylic oxidation sites excluding steroid dienone is 1. The molecule has 182 valence electrons. The highest BCUT2D eigenvalue weighted by molar-refractivity contribution is 6.99. The SMILES string of the molecule is C[C@@H](C/C=C/CO[Si](c1ccccc1)(c1ccccc1)C(C)(C)C)CO[Si](C)(C)C(C)(C)C. The Balaban J connectivity index is 2.11. The second-order valence-corrected chi connectivity index (χ2v) is 21.0. The molecule has 0 aliphatic heterocycles. The molecule has 0 aromatic heterocycles. The monoisotopic (exact) mass is 482 g/mol. The summed E-state index contributed by atoms with van der Waals surface area (Å²) < 4.78 is 13.3. The van der Waals surface area contributed by atoms with Gasteiger partial charge in [0.25, 0.3) is 8.32 Å². The van der Waals surface area contributed by atoms with Gasteiger partial charge in [0.2, 0.25) is 0 Å². The van der Waals surface area contributed by atoms with Crippen LogP contribution in [0.25, 0.3) is 0 Å². The van der Waals surface area contributed by atoms with Gasteiger partial charge in [-0.1, -0.05) is 121 Å². The number of benzene rings is 2. The summed E-state index contributed by atoms with van der Waals surface area (Å²) in [5.74, 6) is 0.503. The fourth-order valence-corrected chi connectivity index (χ4v) is 9.60. The van der Waals surface area contributed by atoms with Crippen molar-refractivity contribution in [1.29, 1.82) is 0 Å². The van der Waals surface area contributed by atoms with Gasteiger partial charge >= 0.3 is 0 Å². The van der Waals surface area contributed by atoms with Gasteiger partial charge in [-0.25, -0.2) is 0 Å². The Morgan fingerprint density at radius 2 is 1.21 bits per heavy atom. The average molecular weight is 483 g/mol. The lowest BCUT2D eigenvalue weighted by molar-refractivity contribution is 0.238. The normalized spacial score (nSPS) is 14.6. The van der Waals surface area contributed by atoms with Crippen molar-refractivity contribution in [2.24, 2.45) is 5.92 Å². The fraction of sp³-hybridized carbons (Fsp3) is 0.517. The first kappa shape index (κ1) is 27.8. The predicted octanol–water partition coefficient (Wildman–Crippen LogP) is 7.17. The van der Waals surface area contributed by atoms with Gasteiger partial charge in [-0.2, -0.15) is 0 Å². The van der Waals surface area contributed by atoms with E-state index in [0.29, 0.717) is 12.5 Å². The molecule has 2 aromatic carbocycles. The Morgan fingerprint density at radius 1 is 0.727 bits per heavy atom. The second-order valence-electron chi connectivity index (χ2n) is 11.9. The van der Waals surface area contributed by atoms with Crippen molar-refractivity contribution in [1.82, 2.24) is 0 Å². The van der Waals surface area contributed by atoms with Gasteiger partial charge in [0.05, 0.1) is 6.61 Å². The van der Waals surface area contributed by atoms with E-state index in [1.54, 1.807) is 0 Å². The third-order valence-corrected chi connectivity index (χ3v) is 16.6. The van der Waals surface area contributed by atoms with Crippen molar-refractivity contribution >= 4 is 27.0 Å². The molecule has 2 rings (SSSR count). The second kappa shape index (κ2) is 11.3. The highest BCUT2D eigenvalue weighted by atomic mass is 28.4. The molecular weight excluding hydrogens is 436 g/mol. The highest BCUT2D eigenvalue weighted by Gasteiger charge is 2.49. The zero-order valence-corrected chi connectivity index (χ0v) is 24.4. The van der Waals surface area contributed by atoms with Crippen LogP contribution in [0.1, 0.15) is 54.9 Å². The third-order valence-electron chi connectivity index (χ3n) is 7.05. The summed E-state index contributed by atoms with van der Waals surface area (Å²) in [6.45, 7) is 22.3. The molecule has 0 bridgehead atoms. The van der Waals surface area contributed by atoms with Crippen LogP contribution in [0.15, 0.2) is 72.8 Å². The molecule has 0 spiro atoms. The molecule has 4 heteroatoms. The van der Waals surface area contributed by atoms with Gasteiger partial charge in [0.1, 0.15) is 0 Å². The van der Waals surface area contributed by atoms with Crippen molar-refractivity contribution in [2.45, 2.75) is 78.1 Å². The molecule has 0 N–H and O–H groups in total. The lowest BCUT2D eigenvalue weighted by atomic mass is 10.1. The van der Waals surface area contributed by atoms with Crippen LogP contribution in [0.4, 0.5) is 0 Å². The van der Waals surface area contributed by atoms with Crippen molar-refractivity contribution in [3.63, 3.8) is 0 Å². The lowest BCUT2D eigenvalue weighted by Gasteiger charge is -2.42. The number of rotatable bonds is 10. The molecule has 0 aliphatic rings. The first-order valence-electron chi connectivity index (χ1n) is 12.4. The molecule has 0 aliphatic carbocycles. The van der Waals surface area contributed by atoms with Gasteiger partial charge < -0.3 is 8.85 Å². The van der Waals surface area contributed by atoms with Gasteiger partial charge in [-0.15, -0.1) is 0 Å². The zero-order chi connectivity index (χ0) is 24.8. The maximum atomic E-state index is 6.93. The fourth-order valence-electron chi connectivity index (χ4n) is 3.97. The molecular formula is C29H46O2Si2. The van der Waals surface area contributed by atoms with E-state index < -0.39 is 16.6 Å². The molecule has 0 unspecified atom stereocenters. The first-order chi connectivity index (χ1) is 15.3. The molecule has 0 fully saturated rings. The van der Waals surface area contributed by atoms with Crippen LogP contribution in [0.5, 0.6) is 0 Å². The lowest BCUT2D eigenvalue weighted by Crippen LogP contribution is -2.66. The van der Waals surface area contributed by atoms with E-state index >= 15 is 0 Å². The molecule has 1 atom stereocenters. The van der Waals surface area contributed by atoms with E-state index in [0.717, 1.165) is 13.0 Å². The first-order valence-corrected chi connectivity index (χ1v) is 17.2. The Morgan fingerprint density at radius 3 is 1.64 bits per heavy atom. The summed E-state index contributed by atoms with van der Waals surface area (Å²) in [4.78, 5) is 0. The average Bonchev–Trinajstić information content (AvgIpc) is 2.74. The van der Waals surface area contributed by atoms with Crippen molar-refractivity contribution < 1.29 is 8.85 Å². The van der Waals surface area contributed by atoms with E-state index in [2.05, 4.69) is 134 Å². The number of hydrogen-bond donors (Lipinski definition) is 0. The molecule has 0 radical (unpaired) electrons. The predicted molar refractivity (Wildman–Crippen MR) is 150 cm³/mol. The van der Waals surface area contributed by atoms with Crippen LogP contribution >= 0.6 is 0 Å². The Kier molecular flexibility index (Phi) is 9.52. The maximum absolute atomic E-state index is 6.93. The highest BCUT2D eigenvalue weighted by Crippen LogP contribution is 2.37. The molecule has 0 amide bonds. The third kappa shape index (κ3) is 7.01. The topological polar surface area (TPSA) is 18.5 Å². The minimum absolute atomic E-state index is 0.00778. The molecule has 33 heavy (non-hydrogen) atoms. The van der Waals surface area contributed by atoms with Crippen LogP contribution in [0, 0.1) is 5.92 Å². The van der Waals surface area contributed by atoms with Crippen LogP contribution in [0.2, 0.25) is 23.2 Å². The van der Waals surface area contributed by atoms with Crippen LogP contribution < -0.4 is 10.4 Å². The molecule has 0 saturated heterocycles. The van der Waals surface area contributed by atoms with Crippen LogP contribution in [0.3, 0.4) is 0 Å². The zero-order valence-electron chi connectivity index (χ0n) is 22.4. The molecule has 2 aromatic rings. The summed E-state index contributed by atoms with van der Waals surface area (Å²) in [7, 11) is -4.14. The number of hydrogen-bond acceptors (Lipinski definition) is 2. The molecule has 0 saturated carbocycles. The summed E-state index contributed by atoms with van der Waals surface area (Å²) in [5, 5.41) is 2.92. The van der Waals surface area contributed by atoms with E-state index in [1.807, 2.05) is 0 Å². The maximum Gasteiger partial charge on any atom is 0.261 e. The Labute approximate surface area is 205 Å². The quantitative estimate of drug-likeness (QED) is 0.264. The summed E-state index contributed by atoms with van der Waals surface area (Å²) in [5.41, 5.74) is 0. The van der Waals surface area contributed by atoms with Crippen molar-refractivity contribution in [3.05, 3.63) is 72.8 Å². The van der Waals surface area contributed by atoms with Crippen LogP contribution in [-0.4, -0.2) is 29.8 Å². The van der Waals surface area contributed by atoms with Gasteiger partial charge in [0.15, 0.2) is 8.32 Å². The van der Waals surface area contributed by atoms with Crippen molar-refractivity contribution in [3.8, 4) is 0 Å². The van der Waals surface area contributed by atoms with Crippen LogP contribution in [-0.2, 0) is 8.85 Å². The smallest absolute Gasteiger partial charge is 0.261 e. The van der Waals surface area contributed by atoms with Gasteiger partial charge in [0, 0.05) is 6.61 Å². The minimum Gasteiger partial charge on any atom is -0.417 e. The Bertz CT molecular complexity index is 822. The van der Waals surface area contributed by atoms with Crippen molar-refractivity contribution in [2.75, 3.05) is 13.2 Å². The molecule has 2 nitrogen and oxygen atoms in total. The standard InChI is InChI=1S/C29H46O2Si2/c1-25(24-31-32(8,9)28(2,3)4)18-16-17-23-30-33(29(5,6)7,26-19-12-10-13-20-26)27-21-14-11-15-22-27/h10-17,19-22,25H,18,23-24H2,1-9H3/b17-16+/t25-/m0/s1. The largest absolute Gasteiger partial charge is 0.417 e. The minimum atomic E-state index is -2.46. The van der Waals surface area contributed by atoms with E-state index in [9.17, 15) is 0 Å². The molecule has 0 heterocycles. The summed E-state index contributed by atoms with van der Waals surface area (Å²) >= 11 is 0.